The zero-order valence-corrected chi connectivity index (χ0v) is 10.5. The summed E-state index contributed by atoms with van der Waals surface area (Å²) < 4.78 is 5.32. The first-order chi connectivity index (χ1) is 9.13. The standard InChI is InChI=1S/C16H13NO2/c1-10-2-4-11(5-3-10)14-9-12-8-13(17)6-7-15(12)19-16(14)18/h2-9H,17H2,1H3. The lowest BCUT2D eigenvalue weighted by Crippen LogP contribution is -2.02. The number of rotatable bonds is 1. The van der Waals surface area contributed by atoms with E-state index in [-0.39, 0.29) is 5.63 Å². The van der Waals surface area contributed by atoms with E-state index in [1.165, 1.54) is 0 Å². The van der Waals surface area contributed by atoms with Crippen molar-refractivity contribution in [3.05, 3.63) is 64.5 Å². The molecule has 0 amide bonds. The summed E-state index contributed by atoms with van der Waals surface area (Å²) in [6.07, 6.45) is 0. The molecule has 0 saturated carbocycles. The van der Waals surface area contributed by atoms with Gasteiger partial charge in [0.15, 0.2) is 0 Å². The van der Waals surface area contributed by atoms with Crippen LogP contribution in [0.2, 0.25) is 0 Å². The van der Waals surface area contributed by atoms with Crippen LogP contribution in [0.4, 0.5) is 5.69 Å². The van der Waals surface area contributed by atoms with Crippen LogP contribution in [0.15, 0.2) is 57.7 Å². The molecule has 3 heteroatoms. The maximum Gasteiger partial charge on any atom is 0.344 e. The highest BCUT2D eigenvalue weighted by Gasteiger charge is 2.07. The van der Waals surface area contributed by atoms with Gasteiger partial charge in [0.1, 0.15) is 5.58 Å². The fourth-order valence-corrected chi connectivity index (χ4v) is 2.08. The summed E-state index contributed by atoms with van der Waals surface area (Å²) in [5.41, 5.74) is 9.17. The number of fused-ring (bicyclic) bond motifs is 1. The van der Waals surface area contributed by atoms with E-state index in [1.54, 1.807) is 18.2 Å². The Morgan fingerprint density at radius 2 is 1.74 bits per heavy atom. The molecule has 19 heavy (non-hydrogen) atoms. The van der Waals surface area contributed by atoms with Crippen LogP contribution in [0, 0.1) is 6.92 Å². The van der Waals surface area contributed by atoms with Crippen LogP contribution < -0.4 is 11.4 Å². The predicted octanol–water partition coefficient (Wildman–Crippen LogP) is 3.35. The van der Waals surface area contributed by atoms with Crippen LogP contribution in [0.5, 0.6) is 0 Å². The molecule has 0 aliphatic rings. The Kier molecular flexibility index (Phi) is 2.60. The molecule has 94 valence electrons. The number of anilines is 1. The van der Waals surface area contributed by atoms with Gasteiger partial charge in [0.25, 0.3) is 0 Å². The third-order valence-corrected chi connectivity index (χ3v) is 3.12. The van der Waals surface area contributed by atoms with Crippen molar-refractivity contribution in [3.63, 3.8) is 0 Å². The van der Waals surface area contributed by atoms with Gasteiger partial charge in [-0.05, 0) is 36.8 Å². The highest BCUT2D eigenvalue weighted by atomic mass is 16.4. The average Bonchev–Trinajstić information content (AvgIpc) is 2.40. The van der Waals surface area contributed by atoms with Crippen molar-refractivity contribution in [1.29, 1.82) is 0 Å². The van der Waals surface area contributed by atoms with E-state index in [0.717, 1.165) is 16.5 Å². The second-order valence-electron chi connectivity index (χ2n) is 4.61. The Bertz CT molecular complexity index is 801. The van der Waals surface area contributed by atoms with Crippen LogP contribution >= 0.6 is 0 Å². The van der Waals surface area contributed by atoms with Crippen LogP contribution in [0.1, 0.15) is 5.56 Å². The third-order valence-electron chi connectivity index (χ3n) is 3.12. The molecule has 0 saturated heterocycles. The van der Waals surface area contributed by atoms with Crippen molar-refractivity contribution in [2.75, 3.05) is 5.73 Å². The number of hydrogen-bond acceptors (Lipinski definition) is 3. The van der Waals surface area contributed by atoms with Crippen molar-refractivity contribution >= 4 is 16.7 Å². The topological polar surface area (TPSA) is 56.2 Å². The lowest BCUT2D eigenvalue weighted by atomic mass is 10.0. The molecule has 1 heterocycles. The molecule has 2 N–H and O–H groups in total. The monoisotopic (exact) mass is 251 g/mol. The fraction of sp³-hybridized carbons (Fsp3) is 0.0625. The normalized spacial score (nSPS) is 10.8. The van der Waals surface area contributed by atoms with Gasteiger partial charge in [-0.1, -0.05) is 29.8 Å². The molecular formula is C16H13NO2. The van der Waals surface area contributed by atoms with E-state index in [0.29, 0.717) is 16.8 Å². The Labute approximate surface area is 110 Å². The molecule has 0 fully saturated rings. The van der Waals surface area contributed by atoms with Gasteiger partial charge < -0.3 is 10.2 Å². The molecule has 1 aromatic heterocycles. The number of benzene rings is 2. The van der Waals surface area contributed by atoms with E-state index < -0.39 is 0 Å². The summed E-state index contributed by atoms with van der Waals surface area (Å²) in [5.74, 6) is 0. The second-order valence-corrected chi connectivity index (χ2v) is 4.61. The molecule has 0 aliphatic carbocycles. The van der Waals surface area contributed by atoms with E-state index in [2.05, 4.69) is 0 Å². The molecule has 0 bridgehead atoms. The molecule has 2 aromatic carbocycles. The number of hydrogen-bond donors (Lipinski definition) is 1. The highest BCUT2D eigenvalue weighted by Crippen LogP contribution is 2.22. The van der Waals surface area contributed by atoms with Crippen LogP contribution in [0.3, 0.4) is 0 Å². The van der Waals surface area contributed by atoms with Crippen LogP contribution in [0.25, 0.3) is 22.1 Å². The first kappa shape index (κ1) is 11.5. The molecule has 0 spiro atoms. The smallest absolute Gasteiger partial charge is 0.344 e. The lowest BCUT2D eigenvalue weighted by Gasteiger charge is -2.03. The van der Waals surface area contributed by atoms with Crippen molar-refractivity contribution in [3.8, 4) is 11.1 Å². The number of nitrogen functional groups attached to an aromatic ring is 1. The van der Waals surface area contributed by atoms with E-state index in [1.807, 2.05) is 37.3 Å². The van der Waals surface area contributed by atoms with Gasteiger partial charge >= 0.3 is 5.63 Å². The fourth-order valence-electron chi connectivity index (χ4n) is 2.08. The average molecular weight is 251 g/mol. The first-order valence-corrected chi connectivity index (χ1v) is 6.04. The minimum absolute atomic E-state index is 0.332. The van der Waals surface area contributed by atoms with E-state index in [9.17, 15) is 4.79 Å². The SMILES string of the molecule is Cc1ccc(-c2cc3cc(N)ccc3oc2=O)cc1. The van der Waals surface area contributed by atoms with Crippen molar-refractivity contribution < 1.29 is 4.42 Å². The first-order valence-electron chi connectivity index (χ1n) is 6.04. The van der Waals surface area contributed by atoms with Gasteiger partial charge in [0, 0.05) is 11.1 Å². The second kappa shape index (κ2) is 4.28. The molecule has 3 aromatic rings. The quantitative estimate of drug-likeness (QED) is 0.533. The van der Waals surface area contributed by atoms with Gasteiger partial charge in [0.05, 0.1) is 5.56 Å². The van der Waals surface area contributed by atoms with Crippen molar-refractivity contribution in [2.45, 2.75) is 6.92 Å². The number of aryl methyl sites for hydroxylation is 1. The van der Waals surface area contributed by atoms with E-state index in [4.69, 9.17) is 10.2 Å². The molecule has 3 rings (SSSR count). The number of nitrogens with two attached hydrogens (primary N) is 1. The summed E-state index contributed by atoms with van der Waals surface area (Å²) in [7, 11) is 0. The minimum atomic E-state index is -0.332. The van der Waals surface area contributed by atoms with Gasteiger partial charge in [-0.15, -0.1) is 0 Å². The Morgan fingerprint density at radius 3 is 2.47 bits per heavy atom. The Balaban J connectivity index is 2.26. The van der Waals surface area contributed by atoms with E-state index >= 15 is 0 Å². The molecular weight excluding hydrogens is 238 g/mol. The summed E-state index contributed by atoms with van der Waals surface area (Å²) in [6, 6.07) is 14.8. The summed E-state index contributed by atoms with van der Waals surface area (Å²) >= 11 is 0. The zero-order valence-electron chi connectivity index (χ0n) is 10.5. The van der Waals surface area contributed by atoms with Crippen molar-refractivity contribution in [2.24, 2.45) is 0 Å². The lowest BCUT2D eigenvalue weighted by molar-refractivity contribution is 0.563. The van der Waals surface area contributed by atoms with Gasteiger partial charge in [0.2, 0.25) is 0 Å². The maximum absolute atomic E-state index is 12.0. The zero-order chi connectivity index (χ0) is 13.4. The Morgan fingerprint density at radius 1 is 1.00 bits per heavy atom. The minimum Gasteiger partial charge on any atom is -0.422 e. The van der Waals surface area contributed by atoms with Crippen LogP contribution in [-0.4, -0.2) is 0 Å². The molecule has 3 nitrogen and oxygen atoms in total. The van der Waals surface area contributed by atoms with Gasteiger partial charge in [-0.3, -0.25) is 0 Å². The molecule has 0 aliphatic heterocycles. The summed E-state index contributed by atoms with van der Waals surface area (Å²) in [5, 5.41) is 0.829. The summed E-state index contributed by atoms with van der Waals surface area (Å²) in [6.45, 7) is 2.01. The largest absolute Gasteiger partial charge is 0.422 e. The molecule has 0 radical (unpaired) electrons. The van der Waals surface area contributed by atoms with Gasteiger partial charge in [-0.25, -0.2) is 4.79 Å². The Hall–Kier alpha value is -2.55. The maximum atomic E-state index is 12.0. The van der Waals surface area contributed by atoms with Crippen LogP contribution in [-0.2, 0) is 0 Å². The highest BCUT2D eigenvalue weighted by molar-refractivity contribution is 5.84. The molecule has 0 atom stereocenters. The summed E-state index contributed by atoms with van der Waals surface area (Å²) in [4.78, 5) is 12.0. The van der Waals surface area contributed by atoms with Crippen molar-refractivity contribution in [1.82, 2.24) is 0 Å². The molecule has 0 unspecified atom stereocenters. The predicted molar refractivity (Wildman–Crippen MR) is 77.1 cm³/mol. The van der Waals surface area contributed by atoms with Gasteiger partial charge in [-0.2, -0.15) is 0 Å². The third kappa shape index (κ3) is 2.10.